The van der Waals surface area contributed by atoms with Crippen molar-refractivity contribution >= 4 is 11.5 Å². The molecule has 2 fully saturated rings. The van der Waals surface area contributed by atoms with Gasteiger partial charge >= 0.3 is 0 Å². The summed E-state index contributed by atoms with van der Waals surface area (Å²) in [7, 11) is 1.59. The zero-order valence-electron chi connectivity index (χ0n) is 12.0. The summed E-state index contributed by atoms with van der Waals surface area (Å²) in [5.74, 6) is 1.56. The highest BCUT2D eigenvalue weighted by Crippen LogP contribution is 2.41. The normalized spacial score (nSPS) is 28.6. The van der Waals surface area contributed by atoms with Gasteiger partial charge in [0.2, 0.25) is 0 Å². The minimum absolute atomic E-state index is 0.0232. The Bertz CT molecular complexity index is 528. The van der Waals surface area contributed by atoms with Crippen LogP contribution in [0.5, 0.6) is 5.75 Å². The fourth-order valence-corrected chi connectivity index (χ4v) is 3.74. The number of ketones is 1. The molecule has 1 saturated heterocycles. The minimum atomic E-state index is -0.184. The van der Waals surface area contributed by atoms with E-state index in [9.17, 15) is 9.90 Å². The summed E-state index contributed by atoms with van der Waals surface area (Å²) in [6.45, 7) is 3.33. The summed E-state index contributed by atoms with van der Waals surface area (Å²) in [5, 5.41) is 10.0. The van der Waals surface area contributed by atoms with E-state index in [0.29, 0.717) is 23.1 Å². The van der Waals surface area contributed by atoms with Crippen LogP contribution < -0.4 is 9.64 Å². The van der Waals surface area contributed by atoms with E-state index in [0.717, 1.165) is 31.6 Å². The Hall–Kier alpha value is -1.55. The quantitative estimate of drug-likeness (QED) is 0.858. The molecule has 1 heterocycles. The predicted octanol–water partition coefficient (Wildman–Crippen LogP) is 2.10. The average Bonchev–Trinajstić information content (AvgIpc) is 3.00. The largest absolute Gasteiger partial charge is 0.496 e. The first kappa shape index (κ1) is 13.4. The molecule has 1 aliphatic carbocycles. The molecule has 108 valence electrons. The summed E-state index contributed by atoms with van der Waals surface area (Å²) in [4.78, 5) is 14.2. The molecule has 4 heteroatoms. The van der Waals surface area contributed by atoms with Crippen molar-refractivity contribution in [2.24, 2.45) is 11.8 Å². The molecule has 0 bridgehead atoms. The molecule has 0 spiro atoms. The zero-order valence-corrected chi connectivity index (χ0v) is 12.0. The molecule has 2 aliphatic rings. The van der Waals surface area contributed by atoms with Gasteiger partial charge in [-0.1, -0.05) is 6.07 Å². The lowest BCUT2D eigenvalue weighted by Gasteiger charge is -2.23. The number of aliphatic hydroxyl groups is 1. The number of hydrogen-bond donors (Lipinski definition) is 1. The fourth-order valence-electron chi connectivity index (χ4n) is 3.74. The number of carbonyl (C=O) groups excluding carboxylic acids is 1. The van der Waals surface area contributed by atoms with Gasteiger partial charge in [0, 0.05) is 19.0 Å². The third-order valence-electron chi connectivity index (χ3n) is 4.74. The van der Waals surface area contributed by atoms with Crippen molar-refractivity contribution in [2.45, 2.75) is 25.9 Å². The highest BCUT2D eigenvalue weighted by Gasteiger charge is 2.42. The second kappa shape index (κ2) is 5.09. The Morgan fingerprint density at radius 2 is 2.15 bits per heavy atom. The number of aliphatic hydroxyl groups excluding tert-OH is 1. The van der Waals surface area contributed by atoms with E-state index in [-0.39, 0.29) is 11.9 Å². The lowest BCUT2D eigenvalue weighted by atomic mass is 10.00. The van der Waals surface area contributed by atoms with Crippen LogP contribution >= 0.6 is 0 Å². The molecule has 1 aromatic carbocycles. The van der Waals surface area contributed by atoms with Crippen LogP contribution in [0.25, 0.3) is 0 Å². The second-order valence-corrected chi connectivity index (χ2v) is 5.88. The van der Waals surface area contributed by atoms with Crippen molar-refractivity contribution in [3.05, 3.63) is 23.8 Å². The molecule has 4 nitrogen and oxygen atoms in total. The van der Waals surface area contributed by atoms with Crippen molar-refractivity contribution in [2.75, 3.05) is 25.1 Å². The predicted molar refractivity (Wildman–Crippen MR) is 77.4 cm³/mol. The monoisotopic (exact) mass is 275 g/mol. The Morgan fingerprint density at radius 1 is 1.35 bits per heavy atom. The molecule has 0 amide bonds. The number of methoxy groups -OCH3 is 1. The summed E-state index contributed by atoms with van der Waals surface area (Å²) in [5.41, 5.74) is 1.60. The van der Waals surface area contributed by atoms with Crippen molar-refractivity contribution in [1.29, 1.82) is 0 Å². The molecular weight excluding hydrogens is 254 g/mol. The van der Waals surface area contributed by atoms with Gasteiger partial charge in [-0.3, -0.25) is 4.79 Å². The summed E-state index contributed by atoms with van der Waals surface area (Å²) in [6.07, 6.45) is 1.82. The van der Waals surface area contributed by atoms with Gasteiger partial charge in [0.1, 0.15) is 5.75 Å². The molecular formula is C16H21NO3. The van der Waals surface area contributed by atoms with Crippen molar-refractivity contribution in [3.8, 4) is 5.75 Å². The van der Waals surface area contributed by atoms with Crippen LogP contribution in [0.2, 0.25) is 0 Å². The maximum Gasteiger partial charge on any atom is 0.165 e. The molecule has 0 aromatic heterocycles. The Labute approximate surface area is 119 Å². The van der Waals surface area contributed by atoms with Gasteiger partial charge < -0.3 is 14.7 Å². The van der Waals surface area contributed by atoms with E-state index in [4.69, 9.17) is 4.74 Å². The Kier molecular flexibility index (Phi) is 3.42. The van der Waals surface area contributed by atoms with Crippen LogP contribution in [-0.2, 0) is 0 Å². The number of nitrogens with zero attached hydrogens (tertiary/aromatic N) is 1. The number of ether oxygens (including phenoxy) is 1. The number of rotatable bonds is 3. The maximum atomic E-state index is 12.0. The van der Waals surface area contributed by atoms with Crippen LogP contribution in [0.4, 0.5) is 5.69 Å². The van der Waals surface area contributed by atoms with Gasteiger partial charge in [-0.05, 0) is 37.8 Å². The summed E-state index contributed by atoms with van der Waals surface area (Å²) >= 11 is 0. The standard InChI is InChI=1S/C16H21NO3/c1-10(18)16-13(4-3-5-15(16)20-2)17-8-11-6-7-14(19)12(11)9-17/h3-5,11-12,14,19H,6-9H2,1-2H3. The number of fused-ring (bicyclic) bond motifs is 1. The van der Waals surface area contributed by atoms with Crippen molar-refractivity contribution in [3.63, 3.8) is 0 Å². The molecule has 1 N–H and O–H groups in total. The van der Waals surface area contributed by atoms with Gasteiger partial charge in [0.15, 0.2) is 5.78 Å². The van der Waals surface area contributed by atoms with Crippen LogP contribution in [-0.4, -0.2) is 37.2 Å². The van der Waals surface area contributed by atoms with E-state index in [1.54, 1.807) is 14.0 Å². The number of anilines is 1. The van der Waals surface area contributed by atoms with Crippen LogP contribution in [0.1, 0.15) is 30.1 Å². The number of benzene rings is 1. The average molecular weight is 275 g/mol. The topological polar surface area (TPSA) is 49.8 Å². The third kappa shape index (κ3) is 2.08. The highest BCUT2D eigenvalue weighted by molar-refractivity contribution is 6.02. The summed E-state index contributed by atoms with van der Waals surface area (Å²) < 4.78 is 5.33. The van der Waals surface area contributed by atoms with Gasteiger partial charge in [-0.2, -0.15) is 0 Å². The Morgan fingerprint density at radius 3 is 2.80 bits per heavy atom. The van der Waals surface area contributed by atoms with Crippen LogP contribution in [0.3, 0.4) is 0 Å². The van der Waals surface area contributed by atoms with Crippen molar-refractivity contribution in [1.82, 2.24) is 0 Å². The molecule has 3 unspecified atom stereocenters. The Balaban J connectivity index is 1.93. The molecule has 1 aromatic rings. The molecule has 20 heavy (non-hydrogen) atoms. The molecule has 1 aliphatic heterocycles. The van der Waals surface area contributed by atoms with Crippen LogP contribution in [0.15, 0.2) is 18.2 Å². The molecule has 3 atom stereocenters. The summed E-state index contributed by atoms with van der Waals surface area (Å²) in [6, 6.07) is 5.73. The second-order valence-electron chi connectivity index (χ2n) is 5.88. The van der Waals surface area contributed by atoms with E-state index >= 15 is 0 Å². The first-order valence-electron chi connectivity index (χ1n) is 7.22. The number of Topliss-reactive ketones (excluding diaryl/α,β-unsaturated/α-hetero) is 1. The lowest BCUT2D eigenvalue weighted by Crippen LogP contribution is -2.25. The molecule has 0 radical (unpaired) electrons. The SMILES string of the molecule is COc1cccc(N2CC3CCC(O)C3C2)c1C(C)=O. The maximum absolute atomic E-state index is 12.0. The zero-order chi connectivity index (χ0) is 14.3. The molecule has 1 saturated carbocycles. The minimum Gasteiger partial charge on any atom is -0.496 e. The van der Waals surface area contributed by atoms with Gasteiger partial charge in [0.05, 0.1) is 24.5 Å². The highest BCUT2D eigenvalue weighted by atomic mass is 16.5. The van der Waals surface area contributed by atoms with Crippen LogP contribution in [0, 0.1) is 11.8 Å². The van der Waals surface area contributed by atoms with Crippen molar-refractivity contribution < 1.29 is 14.6 Å². The number of carbonyl (C=O) groups is 1. The molecule has 3 rings (SSSR count). The van der Waals surface area contributed by atoms with E-state index in [1.165, 1.54) is 0 Å². The fraction of sp³-hybridized carbons (Fsp3) is 0.562. The first-order valence-corrected chi connectivity index (χ1v) is 7.22. The first-order chi connectivity index (χ1) is 9.61. The smallest absolute Gasteiger partial charge is 0.165 e. The van der Waals surface area contributed by atoms with E-state index < -0.39 is 0 Å². The van der Waals surface area contributed by atoms with Gasteiger partial charge in [0.25, 0.3) is 0 Å². The van der Waals surface area contributed by atoms with Gasteiger partial charge in [-0.15, -0.1) is 0 Å². The lowest BCUT2D eigenvalue weighted by molar-refractivity contribution is 0.101. The van der Waals surface area contributed by atoms with E-state index in [1.807, 2.05) is 18.2 Å². The van der Waals surface area contributed by atoms with Gasteiger partial charge in [-0.25, -0.2) is 0 Å². The third-order valence-corrected chi connectivity index (χ3v) is 4.74. The number of hydrogen-bond acceptors (Lipinski definition) is 4. The van der Waals surface area contributed by atoms with E-state index in [2.05, 4.69) is 4.90 Å².